The van der Waals surface area contributed by atoms with Gasteiger partial charge in [-0.25, -0.2) is 4.68 Å². The smallest absolute Gasteiger partial charge is 0.0964 e. The fourth-order valence-electron chi connectivity index (χ4n) is 1.30. The van der Waals surface area contributed by atoms with E-state index in [1.165, 1.54) is 0 Å². The minimum absolute atomic E-state index is 0.225. The maximum Gasteiger partial charge on any atom is 0.0964 e. The zero-order valence-electron chi connectivity index (χ0n) is 10.8. The van der Waals surface area contributed by atoms with Gasteiger partial charge in [0.25, 0.3) is 0 Å². The van der Waals surface area contributed by atoms with Gasteiger partial charge < -0.3 is 15.2 Å². The van der Waals surface area contributed by atoms with Gasteiger partial charge in [0.15, 0.2) is 0 Å². The number of aliphatic hydroxyl groups excluding tert-OH is 1. The summed E-state index contributed by atoms with van der Waals surface area (Å²) >= 11 is 0. The van der Waals surface area contributed by atoms with Crippen molar-refractivity contribution in [2.45, 2.75) is 33.0 Å². The summed E-state index contributed by atoms with van der Waals surface area (Å²) < 4.78 is 6.61. The van der Waals surface area contributed by atoms with Crippen molar-refractivity contribution in [1.29, 1.82) is 0 Å². The van der Waals surface area contributed by atoms with Gasteiger partial charge >= 0.3 is 0 Å². The Morgan fingerprint density at radius 1 is 1.53 bits per heavy atom. The standard InChI is InChI=1S/C11H22N4O2/c1-9(2)11(16)8-15-7-10(13-14-15)6-12-4-5-17-3/h7,9,11-12,16H,4-6,8H2,1-3H3. The molecule has 6 heteroatoms. The van der Waals surface area contributed by atoms with Crippen LogP contribution in [0.4, 0.5) is 0 Å². The van der Waals surface area contributed by atoms with E-state index in [0.717, 1.165) is 12.2 Å². The summed E-state index contributed by atoms with van der Waals surface area (Å²) in [5.41, 5.74) is 0.872. The van der Waals surface area contributed by atoms with Crippen LogP contribution in [0, 0.1) is 5.92 Å². The second kappa shape index (κ2) is 7.37. The Morgan fingerprint density at radius 3 is 2.94 bits per heavy atom. The summed E-state index contributed by atoms with van der Waals surface area (Å²) in [4.78, 5) is 0. The Bertz CT molecular complexity index is 314. The van der Waals surface area contributed by atoms with Crippen LogP contribution in [0.2, 0.25) is 0 Å². The van der Waals surface area contributed by atoms with Crippen LogP contribution in [0.3, 0.4) is 0 Å². The highest BCUT2D eigenvalue weighted by Crippen LogP contribution is 2.04. The van der Waals surface area contributed by atoms with Crippen LogP contribution in [-0.4, -0.2) is 46.5 Å². The lowest BCUT2D eigenvalue weighted by Gasteiger charge is -2.13. The number of aromatic nitrogens is 3. The number of hydrogen-bond acceptors (Lipinski definition) is 5. The second-order valence-corrected chi connectivity index (χ2v) is 4.41. The van der Waals surface area contributed by atoms with E-state index in [-0.39, 0.29) is 12.0 Å². The van der Waals surface area contributed by atoms with Gasteiger partial charge in [-0.3, -0.25) is 0 Å². The van der Waals surface area contributed by atoms with E-state index in [9.17, 15) is 5.11 Å². The van der Waals surface area contributed by atoms with E-state index < -0.39 is 0 Å². The van der Waals surface area contributed by atoms with E-state index in [1.54, 1.807) is 11.8 Å². The van der Waals surface area contributed by atoms with Crippen LogP contribution in [0.15, 0.2) is 6.20 Å². The van der Waals surface area contributed by atoms with Gasteiger partial charge in [-0.1, -0.05) is 19.1 Å². The van der Waals surface area contributed by atoms with Crippen molar-refractivity contribution < 1.29 is 9.84 Å². The Kier molecular flexibility index (Phi) is 6.10. The van der Waals surface area contributed by atoms with Crippen molar-refractivity contribution in [1.82, 2.24) is 20.3 Å². The maximum absolute atomic E-state index is 9.71. The van der Waals surface area contributed by atoms with E-state index in [4.69, 9.17) is 4.74 Å². The molecule has 1 atom stereocenters. The molecule has 0 amide bonds. The molecule has 1 rings (SSSR count). The molecule has 0 aromatic carbocycles. The van der Waals surface area contributed by atoms with Crippen LogP contribution in [0.25, 0.3) is 0 Å². The first-order valence-corrected chi connectivity index (χ1v) is 5.90. The predicted molar refractivity (Wildman–Crippen MR) is 64.4 cm³/mol. The normalized spacial score (nSPS) is 13.2. The van der Waals surface area contributed by atoms with Crippen LogP contribution < -0.4 is 5.32 Å². The largest absolute Gasteiger partial charge is 0.391 e. The fourth-order valence-corrected chi connectivity index (χ4v) is 1.30. The molecule has 98 valence electrons. The average Bonchev–Trinajstić information content (AvgIpc) is 2.72. The van der Waals surface area contributed by atoms with Gasteiger partial charge in [-0.15, -0.1) is 5.10 Å². The number of ether oxygens (including phenoxy) is 1. The van der Waals surface area contributed by atoms with E-state index >= 15 is 0 Å². The highest BCUT2D eigenvalue weighted by Gasteiger charge is 2.11. The van der Waals surface area contributed by atoms with Crippen LogP contribution in [0.5, 0.6) is 0 Å². The topological polar surface area (TPSA) is 72.2 Å². The molecular weight excluding hydrogens is 220 g/mol. The van der Waals surface area contributed by atoms with Crippen molar-refractivity contribution in [3.05, 3.63) is 11.9 Å². The molecule has 1 unspecified atom stereocenters. The first-order valence-electron chi connectivity index (χ1n) is 5.90. The third kappa shape index (κ3) is 5.25. The van der Waals surface area contributed by atoms with Crippen LogP contribution in [0.1, 0.15) is 19.5 Å². The molecule has 6 nitrogen and oxygen atoms in total. The molecular formula is C11H22N4O2. The molecule has 1 heterocycles. The molecule has 17 heavy (non-hydrogen) atoms. The van der Waals surface area contributed by atoms with Crippen molar-refractivity contribution in [3.63, 3.8) is 0 Å². The molecule has 0 aliphatic carbocycles. The molecule has 0 saturated heterocycles. The highest BCUT2D eigenvalue weighted by molar-refractivity contribution is 4.91. The molecule has 2 N–H and O–H groups in total. The van der Waals surface area contributed by atoms with Crippen LogP contribution >= 0.6 is 0 Å². The lowest BCUT2D eigenvalue weighted by molar-refractivity contribution is 0.102. The predicted octanol–water partition coefficient (Wildman–Crippen LogP) is 0.0310. The average molecular weight is 242 g/mol. The Hall–Kier alpha value is -0.980. The molecule has 0 aliphatic heterocycles. The summed E-state index contributed by atoms with van der Waals surface area (Å²) in [5, 5.41) is 20.9. The van der Waals surface area contributed by atoms with Gasteiger partial charge in [0, 0.05) is 26.4 Å². The summed E-state index contributed by atoms with van der Waals surface area (Å²) in [6.07, 6.45) is 1.47. The van der Waals surface area contributed by atoms with Crippen molar-refractivity contribution >= 4 is 0 Å². The summed E-state index contributed by atoms with van der Waals surface area (Å²) in [5.74, 6) is 0.225. The Labute approximate surface area is 102 Å². The minimum Gasteiger partial charge on any atom is -0.391 e. The molecule has 0 bridgehead atoms. The molecule has 0 saturated carbocycles. The van der Waals surface area contributed by atoms with Gasteiger partial charge in [-0.2, -0.15) is 0 Å². The number of nitrogens with one attached hydrogen (secondary N) is 1. The first-order chi connectivity index (χ1) is 8.13. The maximum atomic E-state index is 9.71. The number of nitrogens with zero attached hydrogens (tertiary/aromatic N) is 3. The van der Waals surface area contributed by atoms with Gasteiger partial charge in [-0.05, 0) is 5.92 Å². The van der Waals surface area contributed by atoms with Crippen molar-refractivity contribution in [3.8, 4) is 0 Å². The zero-order valence-corrected chi connectivity index (χ0v) is 10.8. The molecule has 0 spiro atoms. The third-order valence-corrected chi connectivity index (χ3v) is 2.52. The molecule has 1 aromatic rings. The Balaban J connectivity index is 2.32. The van der Waals surface area contributed by atoms with E-state index in [2.05, 4.69) is 15.6 Å². The fraction of sp³-hybridized carbons (Fsp3) is 0.818. The summed E-state index contributed by atoms with van der Waals surface area (Å²) in [7, 11) is 1.67. The second-order valence-electron chi connectivity index (χ2n) is 4.41. The Morgan fingerprint density at radius 2 is 2.29 bits per heavy atom. The van der Waals surface area contributed by atoms with Gasteiger partial charge in [0.05, 0.1) is 24.9 Å². The van der Waals surface area contributed by atoms with Gasteiger partial charge in [0.2, 0.25) is 0 Å². The summed E-state index contributed by atoms with van der Waals surface area (Å²) in [6, 6.07) is 0. The minimum atomic E-state index is -0.383. The SMILES string of the molecule is COCCNCc1cn(CC(O)C(C)C)nn1. The van der Waals surface area contributed by atoms with Crippen molar-refractivity contribution in [2.75, 3.05) is 20.3 Å². The third-order valence-electron chi connectivity index (χ3n) is 2.52. The van der Waals surface area contributed by atoms with Crippen molar-refractivity contribution in [2.24, 2.45) is 5.92 Å². The molecule has 0 fully saturated rings. The van der Waals surface area contributed by atoms with E-state index in [1.807, 2.05) is 20.0 Å². The monoisotopic (exact) mass is 242 g/mol. The number of rotatable bonds is 8. The lowest BCUT2D eigenvalue weighted by atomic mass is 10.1. The van der Waals surface area contributed by atoms with Gasteiger partial charge in [0.1, 0.15) is 0 Å². The molecule has 1 aromatic heterocycles. The van der Waals surface area contributed by atoms with Crippen LogP contribution in [-0.2, 0) is 17.8 Å². The summed E-state index contributed by atoms with van der Waals surface area (Å²) in [6.45, 7) is 6.59. The zero-order chi connectivity index (χ0) is 12.7. The number of hydrogen-bond donors (Lipinski definition) is 2. The highest BCUT2D eigenvalue weighted by atomic mass is 16.5. The molecule has 0 aliphatic rings. The molecule has 0 radical (unpaired) electrons. The number of methoxy groups -OCH3 is 1. The van der Waals surface area contributed by atoms with E-state index in [0.29, 0.717) is 19.7 Å². The first kappa shape index (κ1) is 14.1. The lowest BCUT2D eigenvalue weighted by Crippen LogP contribution is -2.22. The number of aliphatic hydroxyl groups is 1. The quantitative estimate of drug-likeness (QED) is 0.629.